The van der Waals surface area contributed by atoms with E-state index in [1.54, 1.807) is 18.2 Å². The van der Waals surface area contributed by atoms with E-state index in [2.05, 4.69) is 20.1 Å². The van der Waals surface area contributed by atoms with Crippen LogP contribution in [0, 0.1) is 11.8 Å². The van der Waals surface area contributed by atoms with Gasteiger partial charge in [-0.3, -0.25) is 9.36 Å². The van der Waals surface area contributed by atoms with E-state index in [-0.39, 0.29) is 33.6 Å². The van der Waals surface area contributed by atoms with Crippen molar-refractivity contribution in [1.82, 2.24) is 15.3 Å². The van der Waals surface area contributed by atoms with E-state index in [4.69, 9.17) is 34.3 Å². The van der Waals surface area contributed by atoms with Gasteiger partial charge in [0.15, 0.2) is 5.69 Å². The second-order valence-corrected chi connectivity index (χ2v) is 10.5. The average Bonchev–Trinajstić information content (AvgIpc) is 3.21. The lowest BCUT2D eigenvalue weighted by Crippen LogP contribution is -2.32. The number of carbonyl (C=O) groups excluding carboxylic acids is 1. The van der Waals surface area contributed by atoms with Crippen LogP contribution in [0.25, 0.3) is 15.7 Å². The Balaban J connectivity index is 1.87. The minimum atomic E-state index is -3.93. The fraction of sp³-hybridized carbons (Fsp3) is 0.0909. The maximum Gasteiger partial charge on any atom is 0.289 e. The lowest BCUT2D eigenvalue weighted by molar-refractivity contribution is -0.609. The minimum Gasteiger partial charge on any atom is -0.711 e. The Labute approximate surface area is 204 Å². The summed E-state index contributed by atoms with van der Waals surface area (Å²) in [5.74, 6) is -0.590. The number of fused-ring (bicyclic) bond motifs is 1. The molecule has 9 nitrogen and oxygen atoms in total. The van der Waals surface area contributed by atoms with E-state index < -0.39 is 13.3 Å². The third-order valence-electron chi connectivity index (χ3n) is 5.02. The van der Waals surface area contributed by atoms with Gasteiger partial charge in [-0.25, -0.2) is 9.58 Å². The molecule has 2 N–H and O–H groups in total. The van der Waals surface area contributed by atoms with E-state index in [0.29, 0.717) is 26.2 Å². The minimum absolute atomic E-state index is 0.000788. The summed E-state index contributed by atoms with van der Waals surface area (Å²) in [5.41, 5.74) is 1.14. The van der Waals surface area contributed by atoms with Gasteiger partial charge in [0, 0.05) is 33.4 Å². The second-order valence-electron chi connectivity index (χ2n) is 7.19. The Morgan fingerprint density at radius 2 is 2.09 bits per heavy atom. The molecule has 12 heteroatoms. The summed E-state index contributed by atoms with van der Waals surface area (Å²) < 4.78 is 20.4. The molecule has 0 saturated carbocycles. The molecule has 4 aromatic rings. The molecule has 1 unspecified atom stereocenters. The lowest BCUT2D eigenvalue weighted by Gasteiger charge is -2.19. The van der Waals surface area contributed by atoms with Crippen LogP contribution >= 0.6 is 30.6 Å². The van der Waals surface area contributed by atoms with Gasteiger partial charge < -0.3 is 20.0 Å². The van der Waals surface area contributed by atoms with Crippen molar-refractivity contribution in [2.24, 2.45) is 0 Å². The van der Waals surface area contributed by atoms with Crippen LogP contribution in [-0.2, 0) is 15.6 Å². The first kappa shape index (κ1) is 23.7. The van der Waals surface area contributed by atoms with Crippen molar-refractivity contribution in [3.8, 4) is 0 Å². The Morgan fingerprint density at radius 1 is 1.29 bits per heavy atom. The largest absolute Gasteiger partial charge is 0.711 e. The molecule has 0 aliphatic rings. The van der Waals surface area contributed by atoms with Crippen molar-refractivity contribution in [1.29, 1.82) is 0 Å². The fourth-order valence-corrected chi connectivity index (χ4v) is 6.22. The normalized spacial score (nSPS) is 12.8. The van der Waals surface area contributed by atoms with Gasteiger partial charge in [0.05, 0.1) is 24.0 Å². The number of carbonyl (C=O) groups is 1. The van der Waals surface area contributed by atoms with E-state index in [9.17, 15) is 14.6 Å². The number of nitrogens with zero attached hydrogens (tertiary/aromatic N) is 3. The molecule has 0 aliphatic carbocycles. The molecule has 1 amide bonds. The van der Waals surface area contributed by atoms with Crippen LogP contribution in [0.5, 0.6) is 0 Å². The lowest BCUT2D eigenvalue weighted by atomic mass is 10.2. The number of benzene rings is 2. The highest BCUT2D eigenvalue weighted by Crippen LogP contribution is 2.48. The number of aromatic amines is 1. The highest BCUT2D eigenvalue weighted by atomic mass is 35.5. The third-order valence-corrected chi connectivity index (χ3v) is 7.97. The van der Waals surface area contributed by atoms with Gasteiger partial charge in [-0.2, -0.15) is 0 Å². The van der Waals surface area contributed by atoms with Gasteiger partial charge in [0.25, 0.3) is 19.6 Å². The van der Waals surface area contributed by atoms with Gasteiger partial charge in [-0.05, 0) is 36.4 Å². The van der Waals surface area contributed by atoms with Crippen LogP contribution in [0.3, 0.4) is 0 Å². The van der Waals surface area contributed by atoms with Crippen molar-refractivity contribution in [2.75, 3.05) is 7.11 Å². The molecule has 2 aromatic heterocycles. The first-order valence-electron chi connectivity index (χ1n) is 9.72. The summed E-state index contributed by atoms with van der Waals surface area (Å²) in [7, 11) is -2.67. The Kier molecular flexibility index (Phi) is 6.60. The van der Waals surface area contributed by atoms with Crippen molar-refractivity contribution in [2.45, 2.75) is 6.54 Å². The first-order chi connectivity index (χ1) is 16.2. The van der Waals surface area contributed by atoms with Gasteiger partial charge in [-0.15, -0.1) is 0 Å². The molecule has 0 bridgehead atoms. The molecule has 1 atom stereocenters. The molecule has 0 fully saturated rings. The quantitative estimate of drug-likeness (QED) is 0.175. The van der Waals surface area contributed by atoms with E-state index in [1.807, 2.05) is 0 Å². The monoisotopic (exact) mass is 515 g/mol. The predicted molar refractivity (Wildman–Crippen MR) is 129 cm³/mol. The van der Waals surface area contributed by atoms with Gasteiger partial charge >= 0.3 is 0 Å². The summed E-state index contributed by atoms with van der Waals surface area (Å²) in [6.45, 7) is 7.31. The zero-order valence-corrected chi connectivity index (χ0v) is 20.0. The molecule has 4 rings (SSSR count). The predicted octanol–water partition coefficient (Wildman–Crippen LogP) is 3.86. The van der Waals surface area contributed by atoms with Crippen molar-refractivity contribution in [3.05, 3.63) is 93.0 Å². The molecule has 2 aromatic carbocycles. The van der Waals surface area contributed by atoms with E-state index in [0.717, 1.165) is 6.33 Å². The van der Waals surface area contributed by atoms with Crippen LogP contribution in [0.4, 0.5) is 5.69 Å². The molecule has 0 saturated heterocycles. The Bertz CT molecular complexity index is 1520. The molecular weight excluding hydrogens is 500 g/mol. The number of rotatable bonds is 6. The number of halogens is 2. The van der Waals surface area contributed by atoms with Crippen LogP contribution in [0.1, 0.15) is 16.1 Å². The van der Waals surface area contributed by atoms with Crippen LogP contribution in [-0.4, -0.2) is 23.0 Å². The number of aromatic nitrogens is 3. The van der Waals surface area contributed by atoms with Crippen LogP contribution in [0.2, 0.25) is 10.0 Å². The second kappa shape index (κ2) is 9.45. The van der Waals surface area contributed by atoms with Crippen molar-refractivity contribution in [3.63, 3.8) is 0 Å². The standard InChI is InChI=1S/C22H16Cl2N5O4P/c1-25-16-5-15(24)6-17(8-16)34(32,33-2)21-18-7-14(23)3-4-19(18)28-20(21)22(30)27-10-13-9-26-12-29(31)11-13/h3-9,11-12,28H,10H2,2H3,(H,27,30). The molecule has 172 valence electrons. The summed E-state index contributed by atoms with van der Waals surface area (Å²) in [6.07, 6.45) is 3.80. The molecular formula is C22H16Cl2N5O4P. The Hall–Kier alpha value is -3.41. The number of hydrogen-bond acceptors (Lipinski definition) is 5. The topological polar surface area (TPSA) is 115 Å². The SMILES string of the molecule is [C-]#[N+]c1cc(Cl)cc(P(=O)(OC)c2c(C(=O)NCc3cnc[n+]([O-])c3)[nH]c3ccc(Cl)cc23)c1. The highest BCUT2D eigenvalue weighted by molar-refractivity contribution is 7.75. The highest BCUT2D eigenvalue weighted by Gasteiger charge is 2.36. The summed E-state index contributed by atoms with van der Waals surface area (Å²) in [6, 6.07) is 9.15. The van der Waals surface area contributed by atoms with E-state index >= 15 is 0 Å². The fourth-order valence-electron chi connectivity index (χ4n) is 3.53. The van der Waals surface area contributed by atoms with Gasteiger partial charge in [-0.1, -0.05) is 28.2 Å². The maximum atomic E-state index is 14.4. The smallest absolute Gasteiger partial charge is 0.289 e. The number of hydrogen-bond donors (Lipinski definition) is 2. The average molecular weight is 516 g/mol. The molecule has 0 aliphatic heterocycles. The van der Waals surface area contributed by atoms with Gasteiger partial charge in [0.1, 0.15) is 18.1 Å². The molecule has 0 radical (unpaired) electrons. The molecule has 34 heavy (non-hydrogen) atoms. The van der Waals surface area contributed by atoms with E-state index in [1.165, 1.54) is 37.7 Å². The third kappa shape index (κ3) is 4.49. The van der Waals surface area contributed by atoms with Crippen LogP contribution in [0.15, 0.2) is 55.1 Å². The number of nitrogens with one attached hydrogen (secondary N) is 2. The number of H-pyrrole nitrogens is 1. The summed E-state index contributed by atoms with van der Waals surface area (Å²) >= 11 is 12.4. The van der Waals surface area contributed by atoms with Crippen LogP contribution < -0.4 is 20.7 Å². The summed E-state index contributed by atoms with van der Waals surface area (Å²) in [5, 5.41) is 15.4. The Morgan fingerprint density at radius 3 is 2.79 bits per heavy atom. The first-order valence-corrected chi connectivity index (χ1v) is 12.1. The van der Waals surface area contributed by atoms with Gasteiger partial charge in [0.2, 0.25) is 0 Å². The molecule has 0 spiro atoms. The van der Waals surface area contributed by atoms with Crippen molar-refractivity contribution < 1.29 is 18.6 Å². The molecule has 2 heterocycles. The maximum absolute atomic E-state index is 14.4. The zero-order valence-electron chi connectivity index (χ0n) is 17.6. The van der Waals surface area contributed by atoms with Crippen molar-refractivity contribution >= 4 is 63.7 Å². The zero-order chi connectivity index (χ0) is 24.5. The number of amides is 1. The summed E-state index contributed by atoms with van der Waals surface area (Å²) in [4.78, 5) is 23.4.